The predicted molar refractivity (Wildman–Crippen MR) is 137 cm³/mol. The summed E-state index contributed by atoms with van der Waals surface area (Å²) in [6.45, 7) is 0.503. The third kappa shape index (κ3) is 4.21. The molecule has 176 valence electrons. The number of carbonyl (C=O) groups is 1. The van der Waals surface area contributed by atoms with Gasteiger partial charge in [-0.3, -0.25) is 4.79 Å². The van der Waals surface area contributed by atoms with Gasteiger partial charge in [0.2, 0.25) is 0 Å². The van der Waals surface area contributed by atoms with Crippen molar-refractivity contribution in [2.45, 2.75) is 13.0 Å². The minimum Gasteiger partial charge on any atom is -0.493 e. The molecule has 0 spiro atoms. The van der Waals surface area contributed by atoms with E-state index in [4.69, 9.17) is 25.2 Å². The van der Waals surface area contributed by atoms with Crippen molar-refractivity contribution in [3.8, 4) is 11.5 Å². The van der Waals surface area contributed by atoms with Crippen LogP contribution >= 0.6 is 0 Å². The van der Waals surface area contributed by atoms with Crippen LogP contribution in [0.1, 0.15) is 15.9 Å². The number of nitrogens with zero attached hydrogens (tertiary/aromatic N) is 3. The van der Waals surface area contributed by atoms with Crippen LogP contribution in [0.3, 0.4) is 0 Å². The van der Waals surface area contributed by atoms with Gasteiger partial charge in [0.25, 0.3) is 5.91 Å². The predicted octanol–water partition coefficient (Wildman–Crippen LogP) is 4.68. The summed E-state index contributed by atoms with van der Waals surface area (Å²) in [7, 11) is 3.21. The molecule has 3 aromatic carbocycles. The number of aromatic nitrogens is 3. The molecular weight excluding hydrogens is 442 g/mol. The Kier molecular flexibility index (Phi) is 5.93. The van der Waals surface area contributed by atoms with Crippen LogP contribution in [0.15, 0.2) is 72.8 Å². The molecule has 8 heteroatoms. The second-order valence-corrected chi connectivity index (χ2v) is 8.06. The van der Waals surface area contributed by atoms with Crippen LogP contribution < -0.4 is 20.5 Å². The number of nitrogens with one attached hydrogen (secondary N) is 1. The number of methoxy groups -OCH3 is 2. The van der Waals surface area contributed by atoms with Crippen molar-refractivity contribution >= 4 is 39.6 Å². The first-order valence-electron chi connectivity index (χ1n) is 11.2. The van der Waals surface area contributed by atoms with Crippen LogP contribution in [0.25, 0.3) is 22.2 Å². The fourth-order valence-electron chi connectivity index (χ4n) is 4.16. The van der Waals surface area contributed by atoms with E-state index in [1.807, 2.05) is 77.4 Å². The van der Waals surface area contributed by atoms with Crippen LogP contribution in [-0.2, 0) is 13.0 Å². The smallest absolute Gasteiger partial charge is 0.261 e. The van der Waals surface area contributed by atoms with Gasteiger partial charge in [-0.1, -0.05) is 36.4 Å². The number of ether oxygens (including phenoxy) is 2. The summed E-state index contributed by atoms with van der Waals surface area (Å²) in [4.78, 5) is 22.9. The average molecular weight is 468 g/mol. The van der Waals surface area contributed by atoms with E-state index in [1.165, 1.54) is 0 Å². The Morgan fingerprint density at radius 2 is 1.60 bits per heavy atom. The van der Waals surface area contributed by atoms with E-state index >= 15 is 0 Å². The van der Waals surface area contributed by atoms with Gasteiger partial charge >= 0.3 is 0 Å². The van der Waals surface area contributed by atoms with Crippen molar-refractivity contribution in [3.05, 3.63) is 83.9 Å². The lowest BCUT2D eigenvalue weighted by Gasteiger charge is -2.11. The van der Waals surface area contributed by atoms with Gasteiger partial charge in [0.1, 0.15) is 16.9 Å². The van der Waals surface area contributed by atoms with Gasteiger partial charge in [0, 0.05) is 12.2 Å². The van der Waals surface area contributed by atoms with Gasteiger partial charge in [0.05, 0.1) is 25.3 Å². The topological polar surface area (TPSA) is 104 Å². The molecule has 0 atom stereocenters. The Balaban J connectivity index is 1.57. The van der Waals surface area contributed by atoms with Crippen molar-refractivity contribution < 1.29 is 14.3 Å². The van der Waals surface area contributed by atoms with Crippen LogP contribution in [0.5, 0.6) is 11.5 Å². The Bertz CT molecular complexity index is 1530. The van der Waals surface area contributed by atoms with E-state index in [0.717, 1.165) is 11.1 Å². The Hall–Kier alpha value is -4.59. The van der Waals surface area contributed by atoms with Gasteiger partial charge in [-0.25, -0.2) is 9.97 Å². The van der Waals surface area contributed by atoms with Gasteiger partial charge in [-0.2, -0.15) is 0 Å². The zero-order chi connectivity index (χ0) is 24.4. The molecule has 2 aromatic heterocycles. The Morgan fingerprint density at radius 3 is 2.31 bits per heavy atom. The molecule has 0 aliphatic heterocycles. The highest BCUT2D eigenvalue weighted by Gasteiger charge is 2.24. The quantitative estimate of drug-likeness (QED) is 0.360. The van der Waals surface area contributed by atoms with Crippen molar-refractivity contribution in [2.75, 3.05) is 25.3 Å². The molecule has 5 aromatic rings. The van der Waals surface area contributed by atoms with E-state index < -0.39 is 0 Å². The molecule has 0 saturated carbocycles. The summed E-state index contributed by atoms with van der Waals surface area (Å²) in [5.41, 5.74) is 11.1. The Labute approximate surface area is 202 Å². The minimum atomic E-state index is -0.326. The van der Waals surface area contributed by atoms with E-state index in [-0.39, 0.29) is 5.91 Å². The fourth-order valence-corrected chi connectivity index (χ4v) is 4.16. The van der Waals surface area contributed by atoms with Crippen molar-refractivity contribution in [3.63, 3.8) is 0 Å². The third-order valence-corrected chi connectivity index (χ3v) is 5.92. The normalized spacial score (nSPS) is 11.0. The number of nitrogens with two attached hydrogens (primary N) is 1. The first-order valence-corrected chi connectivity index (χ1v) is 11.2. The van der Waals surface area contributed by atoms with E-state index in [1.54, 1.807) is 14.2 Å². The number of benzene rings is 3. The molecule has 0 bridgehead atoms. The maximum absolute atomic E-state index is 13.3. The number of hydrogen-bond acceptors (Lipinski definition) is 6. The van der Waals surface area contributed by atoms with Crippen molar-refractivity contribution in [1.29, 1.82) is 0 Å². The number of aryl methyl sites for hydroxylation is 2. The zero-order valence-corrected chi connectivity index (χ0v) is 19.5. The largest absolute Gasteiger partial charge is 0.493 e. The molecule has 0 fully saturated rings. The van der Waals surface area contributed by atoms with Gasteiger partial charge in [-0.05, 0) is 48.4 Å². The molecule has 0 aliphatic rings. The number of hydrogen-bond donors (Lipinski definition) is 2. The fraction of sp³-hybridized carbons (Fsp3) is 0.148. The zero-order valence-electron chi connectivity index (χ0n) is 19.5. The molecular formula is C27H25N5O3. The Morgan fingerprint density at radius 1 is 0.914 bits per heavy atom. The highest BCUT2D eigenvalue weighted by Crippen LogP contribution is 2.31. The lowest BCUT2D eigenvalue weighted by molar-refractivity contribution is 0.102. The molecule has 1 amide bonds. The van der Waals surface area contributed by atoms with Gasteiger partial charge < -0.3 is 25.1 Å². The molecule has 2 heterocycles. The standard InChI is InChI=1S/C27H25N5O3/c1-34-21-13-12-17(16-22(21)35-2)14-15-32-25(28)23(27(33)29-18-8-4-3-5-9-18)24-26(32)31-20-11-7-6-10-19(20)30-24/h3-13,16H,14-15,28H2,1-2H3,(H,29,33). The number of nitrogen functional groups attached to an aromatic ring is 1. The number of rotatable bonds is 7. The molecule has 5 rings (SSSR count). The first-order chi connectivity index (χ1) is 17.1. The maximum Gasteiger partial charge on any atom is 0.261 e. The molecule has 0 aliphatic carbocycles. The van der Waals surface area contributed by atoms with Crippen LogP contribution in [0.2, 0.25) is 0 Å². The van der Waals surface area contributed by atoms with E-state index in [0.29, 0.717) is 58.2 Å². The lowest BCUT2D eigenvalue weighted by atomic mass is 10.1. The average Bonchev–Trinajstić information content (AvgIpc) is 3.16. The number of fused-ring (bicyclic) bond motifs is 2. The summed E-state index contributed by atoms with van der Waals surface area (Å²) in [5, 5.41) is 2.92. The number of anilines is 2. The van der Waals surface area contributed by atoms with Crippen LogP contribution in [0, 0.1) is 0 Å². The summed E-state index contributed by atoms with van der Waals surface area (Å²) in [6, 6.07) is 22.6. The number of para-hydroxylation sites is 3. The SMILES string of the molecule is COc1ccc(CCn2c(N)c(C(=O)Nc3ccccc3)c3nc4ccccc4nc32)cc1OC. The van der Waals surface area contributed by atoms with E-state index in [9.17, 15) is 4.79 Å². The van der Waals surface area contributed by atoms with Crippen LogP contribution in [-0.4, -0.2) is 34.7 Å². The van der Waals surface area contributed by atoms with Gasteiger partial charge in [0.15, 0.2) is 17.1 Å². The number of amides is 1. The lowest BCUT2D eigenvalue weighted by Crippen LogP contribution is -2.15. The highest BCUT2D eigenvalue weighted by atomic mass is 16.5. The molecule has 0 unspecified atom stereocenters. The highest BCUT2D eigenvalue weighted by molar-refractivity contribution is 6.16. The molecule has 35 heavy (non-hydrogen) atoms. The molecule has 0 radical (unpaired) electrons. The van der Waals surface area contributed by atoms with Crippen LogP contribution in [0.4, 0.5) is 11.5 Å². The molecule has 0 saturated heterocycles. The first kappa shape index (κ1) is 22.2. The van der Waals surface area contributed by atoms with Crippen molar-refractivity contribution in [2.24, 2.45) is 0 Å². The molecule has 8 nitrogen and oxygen atoms in total. The summed E-state index contributed by atoms with van der Waals surface area (Å²) in [6.07, 6.45) is 0.641. The number of carbonyl (C=O) groups excluding carboxylic acids is 1. The van der Waals surface area contributed by atoms with E-state index in [2.05, 4.69) is 5.32 Å². The minimum absolute atomic E-state index is 0.314. The second-order valence-electron chi connectivity index (χ2n) is 8.06. The summed E-state index contributed by atoms with van der Waals surface area (Å²) >= 11 is 0. The summed E-state index contributed by atoms with van der Waals surface area (Å²) < 4.78 is 12.6. The van der Waals surface area contributed by atoms with Crippen molar-refractivity contribution in [1.82, 2.24) is 14.5 Å². The molecule has 3 N–H and O–H groups in total. The second kappa shape index (κ2) is 9.34. The monoisotopic (exact) mass is 467 g/mol. The van der Waals surface area contributed by atoms with Gasteiger partial charge in [-0.15, -0.1) is 0 Å². The summed E-state index contributed by atoms with van der Waals surface area (Å²) in [5.74, 6) is 1.32. The maximum atomic E-state index is 13.3. The third-order valence-electron chi connectivity index (χ3n) is 5.92.